The molecule has 1 atom stereocenters. The Labute approximate surface area is 180 Å². The van der Waals surface area contributed by atoms with Crippen molar-refractivity contribution in [1.29, 1.82) is 0 Å². The maximum absolute atomic E-state index is 12.7. The third-order valence-electron chi connectivity index (χ3n) is 4.54. The number of amides is 1. The second-order valence-corrected chi connectivity index (χ2v) is 9.43. The molecule has 5 nitrogen and oxygen atoms in total. The highest BCUT2D eigenvalue weighted by atomic mass is 32.2. The fourth-order valence-electron chi connectivity index (χ4n) is 2.98. The zero-order valence-corrected chi connectivity index (χ0v) is 18.4. The van der Waals surface area contributed by atoms with E-state index in [1.54, 1.807) is 24.5 Å². The second-order valence-electron chi connectivity index (χ2n) is 6.61. The van der Waals surface area contributed by atoms with E-state index < -0.39 is 0 Å². The molecule has 4 aromatic rings. The van der Waals surface area contributed by atoms with Crippen LogP contribution in [0.15, 0.2) is 63.2 Å². The summed E-state index contributed by atoms with van der Waals surface area (Å²) in [7, 11) is 1.69. The Hall–Kier alpha value is -2.42. The number of aryl methyl sites for hydroxylation is 1. The van der Waals surface area contributed by atoms with Crippen LogP contribution in [0.5, 0.6) is 0 Å². The van der Waals surface area contributed by atoms with Gasteiger partial charge >= 0.3 is 0 Å². The zero-order valence-electron chi connectivity index (χ0n) is 15.9. The lowest BCUT2D eigenvalue weighted by molar-refractivity contribution is -0.119. The van der Waals surface area contributed by atoms with Crippen LogP contribution in [0, 0.1) is 6.92 Å². The summed E-state index contributed by atoms with van der Waals surface area (Å²) in [6.45, 7) is 2.04. The van der Waals surface area contributed by atoms with E-state index in [4.69, 9.17) is 0 Å². The van der Waals surface area contributed by atoms with Crippen molar-refractivity contribution in [2.24, 2.45) is 7.05 Å². The van der Waals surface area contributed by atoms with Crippen LogP contribution in [0.3, 0.4) is 0 Å². The maximum Gasteiger partial charge on any atom is 0.262 e. The lowest BCUT2D eigenvalue weighted by Crippen LogP contribution is -2.30. The van der Waals surface area contributed by atoms with Crippen LogP contribution in [-0.4, -0.2) is 21.2 Å². The van der Waals surface area contributed by atoms with Crippen molar-refractivity contribution in [3.05, 3.63) is 79.6 Å². The van der Waals surface area contributed by atoms with Crippen LogP contribution < -0.4 is 10.9 Å². The molecule has 0 saturated heterocycles. The Bertz CT molecular complexity index is 1190. The van der Waals surface area contributed by atoms with Gasteiger partial charge in [0.2, 0.25) is 5.91 Å². The summed E-state index contributed by atoms with van der Waals surface area (Å²) in [5.74, 6) is 0.0831. The maximum atomic E-state index is 12.7. The summed E-state index contributed by atoms with van der Waals surface area (Å²) in [6, 6.07) is 13.8. The number of hydrogen-bond acceptors (Lipinski definition) is 6. The van der Waals surface area contributed by atoms with Crippen LogP contribution in [0.2, 0.25) is 0 Å². The van der Waals surface area contributed by atoms with Crippen molar-refractivity contribution in [1.82, 2.24) is 14.9 Å². The van der Waals surface area contributed by atoms with Crippen molar-refractivity contribution < 1.29 is 4.79 Å². The molecule has 8 heteroatoms. The number of hydrogen-bond donors (Lipinski definition) is 1. The summed E-state index contributed by atoms with van der Waals surface area (Å²) >= 11 is 4.32. The molecule has 0 aliphatic rings. The minimum Gasteiger partial charge on any atom is -0.344 e. The van der Waals surface area contributed by atoms with Crippen LogP contribution >= 0.6 is 34.4 Å². The Morgan fingerprint density at radius 2 is 1.97 bits per heavy atom. The molecule has 0 bridgehead atoms. The number of fused-ring (bicyclic) bond motifs is 1. The number of benzene rings is 1. The number of carbonyl (C=O) groups excluding carboxylic acids is 1. The highest BCUT2D eigenvalue weighted by Crippen LogP contribution is 2.27. The van der Waals surface area contributed by atoms with Crippen molar-refractivity contribution >= 4 is 50.6 Å². The van der Waals surface area contributed by atoms with Gasteiger partial charge in [-0.3, -0.25) is 14.2 Å². The van der Waals surface area contributed by atoms with E-state index >= 15 is 0 Å². The van der Waals surface area contributed by atoms with E-state index in [0.717, 1.165) is 10.4 Å². The Balaban J connectivity index is 1.51. The number of thiophene rings is 2. The Morgan fingerprint density at radius 1 is 1.17 bits per heavy atom. The van der Waals surface area contributed by atoms with Gasteiger partial charge in [0.05, 0.1) is 17.2 Å². The molecule has 0 aliphatic carbocycles. The zero-order chi connectivity index (χ0) is 20.4. The normalized spacial score (nSPS) is 12.2. The first-order valence-corrected chi connectivity index (χ1v) is 11.7. The number of nitrogens with zero attached hydrogens (tertiary/aromatic N) is 2. The highest BCUT2D eigenvalue weighted by Gasteiger charge is 2.19. The molecule has 0 saturated carbocycles. The quantitative estimate of drug-likeness (QED) is 0.357. The second kappa shape index (κ2) is 8.52. The van der Waals surface area contributed by atoms with Crippen LogP contribution in [0.25, 0.3) is 10.2 Å². The number of rotatable bonds is 6. The number of nitrogens with one attached hydrogen (secondary N) is 1. The average molecular weight is 442 g/mol. The smallest absolute Gasteiger partial charge is 0.262 e. The fraction of sp³-hybridized carbons (Fsp3) is 0.190. The van der Waals surface area contributed by atoms with Gasteiger partial charge in [0.1, 0.15) is 4.83 Å². The first kappa shape index (κ1) is 19.9. The summed E-state index contributed by atoms with van der Waals surface area (Å²) in [5, 5.41) is 8.15. The summed E-state index contributed by atoms with van der Waals surface area (Å²) in [6.07, 6.45) is 0. The minimum atomic E-state index is -0.194. The molecule has 0 fully saturated rings. The molecule has 4 rings (SSSR count). The Kier molecular flexibility index (Phi) is 5.84. The molecular formula is C21H19N3O2S3. The minimum absolute atomic E-state index is 0.0877. The van der Waals surface area contributed by atoms with E-state index in [9.17, 15) is 9.59 Å². The molecule has 0 radical (unpaired) electrons. The largest absolute Gasteiger partial charge is 0.344 e. The summed E-state index contributed by atoms with van der Waals surface area (Å²) in [5.41, 5.74) is 2.13. The molecule has 0 aliphatic heterocycles. The monoisotopic (exact) mass is 441 g/mol. The number of aromatic nitrogens is 2. The van der Waals surface area contributed by atoms with Crippen molar-refractivity contribution in [2.75, 3.05) is 5.75 Å². The predicted octanol–water partition coefficient (Wildman–Crippen LogP) is 4.36. The third-order valence-corrected chi connectivity index (χ3v) is 7.31. The molecule has 148 valence electrons. The molecule has 0 spiro atoms. The summed E-state index contributed by atoms with van der Waals surface area (Å²) in [4.78, 5) is 31.5. The van der Waals surface area contributed by atoms with Gasteiger partial charge in [0, 0.05) is 11.9 Å². The first-order chi connectivity index (χ1) is 14.0. The van der Waals surface area contributed by atoms with Crippen molar-refractivity contribution in [3.63, 3.8) is 0 Å². The van der Waals surface area contributed by atoms with Gasteiger partial charge in [0.25, 0.3) is 5.56 Å². The number of thioether (sulfide) groups is 1. The van der Waals surface area contributed by atoms with E-state index in [-0.39, 0.29) is 23.3 Å². The molecule has 1 amide bonds. The molecular weight excluding hydrogens is 422 g/mol. The standard InChI is InChI=1S/C21H19N3O2S3/c1-13-5-7-14(8-6-13)18(16-4-3-10-27-16)22-17(25)12-29-21-23-19-15(9-11-28-19)20(26)24(21)2/h3-11,18H,12H2,1-2H3,(H,22,25). The van der Waals surface area contributed by atoms with Crippen LogP contribution in [0.1, 0.15) is 22.0 Å². The lowest BCUT2D eigenvalue weighted by atomic mass is 10.0. The van der Waals surface area contributed by atoms with Gasteiger partial charge in [-0.05, 0) is 35.4 Å². The fourth-order valence-corrected chi connectivity index (χ4v) is 5.37. The van der Waals surface area contributed by atoms with Crippen LogP contribution in [0.4, 0.5) is 0 Å². The van der Waals surface area contributed by atoms with Crippen molar-refractivity contribution in [3.8, 4) is 0 Å². The van der Waals surface area contributed by atoms with Gasteiger partial charge in [-0.2, -0.15) is 0 Å². The molecule has 1 aromatic carbocycles. The molecule has 3 heterocycles. The van der Waals surface area contributed by atoms with Gasteiger partial charge in [0.15, 0.2) is 5.16 Å². The average Bonchev–Trinajstić information content (AvgIpc) is 3.40. The van der Waals surface area contributed by atoms with Gasteiger partial charge in [-0.15, -0.1) is 22.7 Å². The van der Waals surface area contributed by atoms with Gasteiger partial charge in [-0.1, -0.05) is 47.7 Å². The van der Waals surface area contributed by atoms with Crippen LogP contribution in [-0.2, 0) is 11.8 Å². The summed E-state index contributed by atoms with van der Waals surface area (Å²) < 4.78 is 1.50. The SMILES string of the molecule is Cc1ccc(C(NC(=O)CSc2nc3sccc3c(=O)n2C)c2cccs2)cc1. The molecule has 1 N–H and O–H groups in total. The van der Waals surface area contributed by atoms with Gasteiger partial charge < -0.3 is 5.32 Å². The number of carbonyl (C=O) groups is 1. The topological polar surface area (TPSA) is 64.0 Å². The Morgan fingerprint density at radius 3 is 2.69 bits per heavy atom. The van der Waals surface area contributed by atoms with E-state index in [2.05, 4.69) is 10.3 Å². The lowest BCUT2D eigenvalue weighted by Gasteiger charge is -2.18. The molecule has 3 aromatic heterocycles. The van der Waals surface area contributed by atoms with Gasteiger partial charge in [-0.25, -0.2) is 4.98 Å². The third kappa shape index (κ3) is 4.29. The first-order valence-electron chi connectivity index (χ1n) is 8.99. The molecule has 29 heavy (non-hydrogen) atoms. The van der Waals surface area contributed by atoms with E-state index in [1.807, 2.05) is 54.1 Å². The predicted molar refractivity (Wildman–Crippen MR) is 121 cm³/mol. The van der Waals surface area contributed by atoms with E-state index in [0.29, 0.717) is 15.4 Å². The molecule has 1 unspecified atom stereocenters. The van der Waals surface area contributed by atoms with Crippen molar-refractivity contribution in [2.45, 2.75) is 18.1 Å². The highest BCUT2D eigenvalue weighted by molar-refractivity contribution is 7.99. The van der Waals surface area contributed by atoms with E-state index in [1.165, 1.54) is 33.2 Å².